The summed E-state index contributed by atoms with van der Waals surface area (Å²) in [5, 5.41) is 2.49. The molecule has 0 radical (unpaired) electrons. The number of fused-ring (bicyclic) bond motifs is 3. The summed E-state index contributed by atoms with van der Waals surface area (Å²) >= 11 is 3.64. The van der Waals surface area contributed by atoms with Crippen molar-refractivity contribution in [3.05, 3.63) is 34.9 Å². The highest BCUT2D eigenvalue weighted by atomic mass is 79.9. The van der Waals surface area contributed by atoms with Crippen LogP contribution in [0.15, 0.2) is 34.9 Å². The first kappa shape index (κ1) is 12.6. The van der Waals surface area contributed by atoms with Crippen molar-refractivity contribution in [3.63, 3.8) is 0 Å². The molecule has 0 saturated carbocycles. The van der Waals surface area contributed by atoms with E-state index < -0.39 is 0 Å². The lowest BCUT2D eigenvalue weighted by Gasteiger charge is -2.39. The van der Waals surface area contributed by atoms with Gasteiger partial charge in [-0.15, -0.1) is 0 Å². The summed E-state index contributed by atoms with van der Waals surface area (Å²) < 4.78 is 1.14. The minimum Gasteiger partial charge on any atom is -0.350 e. The molecule has 4 rings (SSSR count). The third-order valence-electron chi connectivity index (χ3n) is 4.75. The first-order valence-electron chi connectivity index (χ1n) is 7.31. The number of rotatable bonds is 1. The van der Waals surface area contributed by atoms with Gasteiger partial charge in [-0.25, -0.2) is 4.98 Å². The van der Waals surface area contributed by atoms with Gasteiger partial charge in [0, 0.05) is 39.6 Å². The highest BCUT2D eigenvalue weighted by Crippen LogP contribution is 2.41. The molecule has 2 N–H and O–H groups in total. The van der Waals surface area contributed by atoms with Crippen molar-refractivity contribution in [2.75, 3.05) is 4.90 Å². The molecule has 0 aliphatic carbocycles. The molecule has 1 aromatic carbocycles. The Labute approximate surface area is 127 Å². The van der Waals surface area contributed by atoms with E-state index in [1.807, 2.05) is 6.20 Å². The van der Waals surface area contributed by atoms with Gasteiger partial charge in [-0.1, -0.05) is 28.1 Å². The summed E-state index contributed by atoms with van der Waals surface area (Å²) in [4.78, 5) is 7.24. The van der Waals surface area contributed by atoms with Gasteiger partial charge in [0.05, 0.1) is 0 Å². The molecule has 2 aliphatic rings. The van der Waals surface area contributed by atoms with E-state index in [9.17, 15) is 0 Å². The van der Waals surface area contributed by atoms with Crippen LogP contribution in [-0.4, -0.2) is 23.1 Å². The van der Waals surface area contributed by atoms with Crippen LogP contribution in [0.5, 0.6) is 0 Å². The maximum Gasteiger partial charge on any atom is 0.136 e. The Balaban J connectivity index is 1.85. The standard InChI is InChI=1S/C16H18BrN3/c17-15-3-1-2-14-13(15)6-7-19-16(14)20-11-4-5-12(20)9-10(18)8-11/h1-3,6-7,10-12H,4-5,8-9,18H2. The molecule has 2 atom stereocenters. The molecule has 2 aliphatic heterocycles. The summed E-state index contributed by atoms with van der Waals surface area (Å²) in [7, 11) is 0. The van der Waals surface area contributed by atoms with Crippen LogP contribution in [-0.2, 0) is 0 Å². The fourth-order valence-electron chi connectivity index (χ4n) is 3.92. The van der Waals surface area contributed by atoms with Gasteiger partial charge in [0.25, 0.3) is 0 Å². The molecular weight excluding hydrogens is 314 g/mol. The summed E-state index contributed by atoms with van der Waals surface area (Å²) in [6, 6.07) is 9.95. The number of nitrogens with two attached hydrogens (primary N) is 1. The van der Waals surface area contributed by atoms with Gasteiger partial charge in [-0.2, -0.15) is 0 Å². The number of pyridine rings is 1. The van der Waals surface area contributed by atoms with Crippen molar-refractivity contribution < 1.29 is 0 Å². The quantitative estimate of drug-likeness (QED) is 0.870. The Bertz CT molecular complexity index is 643. The molecule has 3 heterocycles. The number of anilines is 1. The van der Waals surface area contributed by atoms with E-state index in [1.54, 1.807) is 0 Å². The third kappa shape index (κ3) is 1.85. The molecule has 2 saturated heterocycles. The van der Waals surface area contributed by atoms with Crippen LogP contribution in [0.1, 0.15) is 25.7 Å². The fraction of sp³-hybridized carbons (Fsp3) is 0.438. The Morgan fingerprint density at radius 1 is 1.10 bits per heavy atom. The first-order chi connectivity index (χ1) is 9.74. The SMILES string of the molecule is NC1CC2CCC(C1)N2c1nccc2c(Br)cccc12. The topological polar surface area (TPSA) is 42.1 Å². The van der Waals surface area contributed by atoms with E-state index in [4.69, 9.17) is 10.7 Å². The van der Waals surface area contributed by atoms with Crippen LogP contribution in [0.25, 0.3) is 10.8 Å². The molecule has 2 unspecified atom stereocenters. The zero-order chi connectivity index (χ0) is 13.7. The number of benzene rings is 1. The van der Waals surface area contributed by atoms with Crippen molar-refractivity contribution >= 4 is 32.5 Å². The average Bonchev–Trinajstić information content (AvgIpc) is 2.71. The Hall–Kier alpha value is -1.13. The van der Waals surface area contributed by atoms with Crippen molar-refractivity contribution in [1.82, 2.24) is 4.98 Å². The molecule has 104 valence electrons. The lowest BCUT2D eigenvalue weighted by molar-refractivity contribution is 0.413. The van der Waals surface area contributed by atoms with Crippen molar-refractivity contribution in [3.8, 4) is 0 Å². The van der Waals surface area contributed by atoms with Crippen LogP contribution in [0.4, 0.5) is 5.82 Å². The van der Waals surface area contributed by atoms with Crippen LogP contribution < -0.4 is 10.6 Å². The van der Waals surface area contributed by atoms with E-state index in [-0.39, 0.29) is 0 Å². The highest BCUT2D eigenvalue weighted by molar-refractivity contribution is 9.10. The van der Waals surface area contributed by atoms with Gasteiger partial charge in [-0.3, -0.25) is 0 Å². The maximum atomic E-state index is 6.18. The van der Waals surface area contributed by atoms with E-state index in [1.165, 1.54) is 23.6 Å². The number of hydrogen-bond acceptors (Lipinski definition) is 3. The van der Waals surface area contributed by atoms with Gasteiger partial charge in [0.2, 0.25) is 0 Å². The monoisotopic (exact) mass is 331 g/mol. The molecule has 2 fully saturated rings. The highest BCUT2D eigenvalue weighted by Gasteiger charge is 2.40. The number of aromatic nitrogens is 1. The molecule has 3 nitrogen and oxygen atoms in total. The Kier molecular flexibility index (Phi) is 2.97. The second-order valence-corrected chi connectivity index (χ2v) is 6.85. The summed E-state index contributed by atoms with van der Waals surface area (Å²) in [6.07, 6.45) is 6.64. The lowest BCUT2D eigenvalue weighted by Crippen LogP contribution is -2.47. The van der Waals surface area contributed by atoms with Crippen molar-refractivity contribution in [1.29, 1.82) is 0 Å². The Morgan fingerprint density at radius 2 is 1.85 bits per heavy atom. The van der Waals surface area contributed by atoms with E-state index in [2.05, 4.69) is 45.1 Å². The number of hydrogen-bond donors (Lipinski definition) is 1. The number of halogens is 1. The molecule has 0 amide bonds. The molecule has 4 heteroatoms. The van der Waals surface area contributed by atoms with Crippen LogP contribution >= 0.6 is 15.9 Å². The molecule has 20 heavy (non-hydrogen) atoms. The Morgan fingerprint density at radius 3 is 2.60 bits per heavy atom. The number of nitrogens with zero attached hydrogens (tertiary/aromatic N) is 2. The van der Waals surface area contributed by atoms with Crippen LogP contribution in [0.2, 0.25) is 0 Å². The van der Waals surface area contributed by atoms with Crippen LogP contribution in [0.3, 0.4) is 0 Å². The first-order valence-corrected chi connectivity index (χ1v) is 8.10. The fourth-order valence-corrected chi connectivity index (χ4v) is 4.42. The van der Waals surface area contributed by atoms with Gasteiger partial charge in [0.15, 0.2) is 0 Å². The third-order valence-corrected chi connectivity index (χ3v) is 5.44. The van der Waals surface area contributed by atoms with Gasteiger partial charge < -0.3 is 10.6 Å². The molecule has 2 aromatic rings. The second kappa shape index (κ2) is 4.71. The van der Waals surface area contributed by atoms with Gasteiger partial charge in [0.1, 0.15) is 5.82 Å². The van der Waals surface area contributed by atoms with E-state index in [0.29, 0.717) is 18.1 Å². The zero-order valence-electron chi connectivity index (χ0n) is 11.3. The largest absolute Gasteiger partial charge is 0.350 e. The minimum atomic E-state index is 0.366. The molecule has 1 aromatic heterocycles. The summed E-state index contributed by atoms with van der Waals surface area (Å²) in [6.45, 7) is 0. The second-order valence-electron chi connectivity index (χ2n) is 5.99. The maximum absolute atomic E-state index is 6.18. The summed E-state index contributed by atoms with van der Waals surface area (Å²) in [5.41, 5.74) is 6.18. The molecular formula is C16H18BrN3. The average molecular weight is 332 g/mol. The summed E-state index contributed by atoms with van der Waals surface area (Å²) in [5.74, 6) is 1.14. The van der Waals surface area contributed by atoms with Crippen molar-refractivity contribution in [2.24, 2.45) is 5.73 Å². The normalized spacial score (nSPS) is 29.1. The molecule has 2 bridgehead atoms. The van der Waals surface area contributed by atoms with Crippen molar-refractivity contribution in [2.45, 2.75) is 43.8 Å². The van der Waals surface area contributed by atoms with Gasteiger partial charge >= 0.3 is 0 Å². The predicted octanol–water partition coefficient (Wildman–Crippen LogP) is 3.46. The van der Waals surface area contributed by atoms with Crippen LogP contribution in [0, 0.1) is 0 Å². The zero-order valence-corrected chi connectivity index (χ0v) is 12.9. The minimum absolute atomic E-state index is 0.366. The van der Waals surface area contributed by atoms with E-state index in [0.717, 1.165) is 23.1 Å². The predicted molar refractivity (Wildman–Crippen MR) is 85.9 cm³/mol. The van der Waals surface area contributed by atoms with E-state index >= 15 is 0 Å². The lowest BCUT2D eigenvalue weighted by atomic mass is 9.97. The smallest absolute Gasteiger partial charge is 0.136 e. The molecule has 0 spiro atoms. The van der Waals surface area contributed by atoms with Gasteiger partial charge in [-0.05, 0) is 37.8 Å². The number of piperidine rings is 1.